The second kappa shape index (κ2) is 11.4. The van der Waals surface area contributed by atoms with Crippen molar-refractivity contribution in [3.05, 3.63) is 131 Å². The topological polar surface area (TPSA) is 29.8 Å². The molecule has 0 amide bonds. The largest absolute Gasteiger partial charge is 0.508 e. The maximum Gasteiger partial charge on any atom is 0.508 e. The predicted molar refractivity (Wildman–Crippen MR) is 151 cm³/mol. The SMILES string of the molecule is COc1ccc(C(c2ccc(OC)cc2)[C@@H](C(=[O+][Si](C)(C)C)c2ccccc2)c2ccccc2)cc1. The summed E-state index contributed by atoms with van der Waals surface area (Å²) in [4.78, 5) is 0. The highest BCUT2D eigenvalue weighted by Crippen LogP contribution is 2.42. The van der Waals surface area contributed by atoms with Crippen LogP contribution >= 0.6 is 0 Å². The van der Waals surface area contributed by atoms with E-state index in [0.717, 1.165) is 22.8 Å². The van der Waals surface area contributed by atoms with Gasteiger partial charge in [-0.1, -0.05) is 72.8 Å². The molecule has 0 saturated carbocycles. The van der Waals surface area contributed by atoms with E-state index in [1.54, 1.807) is 14.2 Å². The molecule has 0 aliphatic heterocycles. The molecule has 0 heterocycles. The van der Waals surface area contributed by atoms with Gasteiger partial charge in [0.2, 0.25) is 0 Å². The van der Waals surface area contributed by atoms with Crippen molar-refractivity contribution in [3.8, 4) is 11.5 Å². The van der Waals surface area contributed by atoms with Crippen LogP contribution in [-0.2, 0) is 0 Å². The second-order valence-electron chi connectivity index (χ2n) is 9.86. The van der Waals surface area contributed by atoms with E-state index in [0.29, 0.717) is 0 Å². The Bertz CT molecular complexity index is 1210. The molecule has 0 aliphatic rings. The van der Waals surface area contributed by atoms with Crippen molar-refractivity contribution in [2.24, 2.45) is 0 Å². The van der Waals surface area contributed by atoms with E-state index in [2.05, 4.69) is 105 Å². The zero-order valence-electron chi connectivity index (χ0n) is 21.8. The minimum absolute atomic E-state index is 0.00997. The number of ketones is 1. The Labute approximate surface area is 216 Å². The standard InChI is InChI=1S/C32H35O3Si/c1-33-28-20-16-25(17-21-28)30(26-18-22-29(34-2)23-19-26)31(24-12-8-6-9-13-24)32(35-36(3,4)5)27-14-10-7-11-15-27/h6-23,30-31H,1-5H3/q+1/t31-/m0/s1. The Morgan fingerprint density at radius 2 is 1.03 bits per heavy atom. The van der Waals surface area contributed by atoms with E-state index in [9.17, 15) is 0 Å². The maximum absolute atomic E-state index is 6.96. The third-order valence-corrected chi connectivity index (χ3v) is 7.03. The van der Waals surface area contributed by atoms with Crippen molar-refractivity contribution in [1.29, 1.82) is 0 Å². The number of benzene rings is 4. The summed E-state index contributed by atoms with van der Waals surface area (Å²) in [7, 11) is 1.45. The zero-order chi connectivity index (χ0) is 25.5. The molecule has 0 fully saturated rings. The van der Waals surface area contributed by atoms with Gasteiger partial charge in [0.05, 0.1) is 19.8 Å². The van der Waals surface area contributed by atoms with Crippen LogP contribution in [0.25, 0.3) is 0 Å². The van der Waals surface area contributed by atoms with Crippen molar-refractivity contribution in [3.63, 3.8) is 0 Å². The molecule has 4 aromatic carbocycles. The van der Waals surface area contributed by atoms with Crippen LogP contribution in [0.1, 0.15) is 38.2 Å². The molecule has 0 aromatic heterocycles. The molecule has 0 spiro atoms. The van der Waals surface area contributed by atoms with Gasteiger partial charge >= 0.3 is 8.32 Å². The molecule has 184 valence electrons. The third-order valence-electron chi connectivity index (χ3n) is 6.20. The monoisotopic (exact) mass is 495 g/mol. The molecule has 0 N–H and O–H groups in total. The van der Waals surface area contributed by atoms with Gasteiger partial charge in [-0.2, -0.15) is 0 Å². The smallest absolute Gasteiger partial charge is 0.497 e. The lowest BCUT2D eigenvalue weighted by molar-refractivity contribution is -0.104. The van der Waals surface area contributed by atoms with E-state index in [4.69, 9.17) is 13.6 Å². The summed E-state index contributed by atoms with van der Waals surface area (Å²) in [6.07, 6.45) is 0. The van der Waals surface area contributed by atoms with Gasteiger partial charge in [0.1, 0.15) is 17.4 Å². The normalized spacial score (nSPS) is 12.9. The highest BCUT2D eigenvalue weighted by molar-refractivity contribution is 6.68. The van der Waals surface area contributed by atoms with Crippen molar-refractivity contribution in [2.75, 3.05) is 14.2 Å². The molecule has 0 saturated heterocycles. The highest BCUT2D eigenvalue weighted by atomic mass is 28.4. The van der Waals surface area contributed by atoms with Crippen LogP contribution in [-0.4, -0.2) is 28.3 Å². The van der Waals surface area contributed by atoms with Gasteiger partial charge < -0.3 is 13.6 Å². The predicted octanol–water partition coefficient (Wildman–Crippen LogP) is 7.87. The quantitative estimate of drug-likeness (QED) is 0.134. The number of rotatable bonds is 9. The minimum Gasteiger partial charge on any atom is -0.497 e. The average molecular weight is 496 g/mol. The molecular formula is C32H35O3Si+. The van der Waals surface area contributed by atoms with Crippen LogP contribution in [0.2, 0.25) is 19.6 Å². The molecular weight excluding hydrogens is 460 g/mol. The van der Waals surface area contributed by atoms with Gasteiger partial charge in [0.15, 0.2) is 0 Å². The first-order valence-electron chi connectivity index (χ1n) is 12.3. The summed E-state index contributed by atoms with van der Waals surface area (Å²) in [5.41, 5.74) is 4.72. The Morgan fingerprint density at radius 1 is 0.583 bits per heavy atom. The lowest BCUT2D eigenvalue weighted by Gasteiger charge is -2.27. The molecule has 36 heavy (non-hydrogen) atoms. The van der Waals surface area contributed by atoms with Gasteiger partial charge in [-0.25, -0.2) is 0 Å². The molecule has 3 nitrogen and oxygen atoms in total. The number of hydrogen-bond acceptors (Lipinski definition) is 2. The maximum atomic E-state index is 6.96. The van der Waals surface area contributed by atoms with E-state index in [1.165, 1.54) is 16.7 Å². The first-order chi connectivity index (χ1) is 17.4. The fourth-order valence-electron chi connectivity index (χ4n) is 4.59. The molecule has 0 aliphatic carbocycles. The Hall–Kier alpha value is -3.63. The molecule has 4 heteroatoms. The Balaban J connectivity index is 2.01. The fourth-order valence-corrected chi connectivity index (χ4v) is 5.49. The van der Waals surface area contributed by atoms with Gasteiger partial charge in [-0.15, -0.1) is 0 Å². The van der Waals surface area contributed by atoms with Gasteiger partial charge in [-0.3, -0.25) is 0 Å². The minimum atomic E-state index is -1.95. The second-order valence-corrected chi connectivity index (χ2v) is 14.3. The van der Waals surface area contributed by atoms with Gasteiger partial charge in [-0.05, 0) is 53.1 Å². The zero-order valence-corrected chi connectivity index (χ0v) is 22.8. The number of methoxy groups -OCH3 is 2. The van der Waals surface area contributed by atoms with Crippen molar-refractivity contribution in [2.45, 2.75) is 31.5 Å². The molecule has 0 bridgehead atoms. The summed E-state index contributed by atoms with van der Waals surface area (Å²) in [6.45, 7) is 6.73. The molecule has 1 atom stereocenters. The molecule has 4 aromatic rings. The van der Waals surface area contributed by atoms with Crippen molar-refractivity contribution < 1.29 is 13.6 Å². The van der Waals surface area contributed by atoms with Crippen LogP contribution in [0.5, 0.6) is 11.5 Å². The molecule has 4 rings (SSSR count). The Morgan fingerprint density at radius 3 is 1.44 bits per heavy atom. The van der Waals surface area contributed by atoms with Crippen LogP contribution in [0.4, 0.5) is 0 Å². The Kier molecular flexibility index (Phi) is 8.06. The van der Waals surface area contributed by atoms with E-state index >= 15 is 0 Å². The van der Waals surface area contributed by atoms with Crippen LogP contribution < -0.4 is 9.47 Å². The van der Waals surface area contributed by atoms with E-state index < -0.39 is 8.32 Å². The first kappa shape index (κ1) is 25.5. The third kappa shape index (κ3) is 6.13. The van der Waals surface area contributed by atoms with Crippen molar-refractivity contribution >= 4 is 14.1 Å². The van der Waals surface area contributed by atoms with Gasteiger partial charge in [0, 0.05) is 25.6 Å². The van der Waals surface area contributed by atoms with Crippen LogP contribution in [0.15, 0.2) is 109 Å². The first-order valence-corrected chi connectivity index (χ1v) is 15.7. The average Bonchev–Trinajstić information content (AvgIpc) is 2.91. The number of carbonyl (C=O) groups excluding carboxylic acids is 1. The summed E-state index contributed by atoms with van der Waals surface area (Å²) < 4.78 is 17.9. The fraction of sp³-hybridized carbons (Fsp3) is 0.219. The summed E-state index contributed by atoms with van der Waals surface area (Å²) >= 11 is 0. The lowest BCUT2D eigenvalue weighted by atomic mass is 9.73. The van der Waals surface area contributed by atoms with Crippen LogP contribution in [0, 0.1) is 0 Å². The van der Waals surface area contributed by atoms with Gasteiger partial charge in [0.25, 0.3) is 5.78 Å². The van der Waals surface area contributed by atoms with E-state index in [1.807, 2.05) is 24.3 Å². The number of ether oxygens (including phenoxy) is 2. The molecule has 0 radical (unpaired) electrons. The lowest BCUT2D eigenvalue weighted by Crippen LogP contribution is -2.28. The van der Waals surface area contributed by atoms with Crippen LogP contribution in [0.3, 0.4) is 0 Å². The summed E-state index contributed by atoms with van der Waals surface area (Å²) in [5, 5.41) is 0. The number of hydrogen-bond donors (Lipinski definition) is 0. The molecule has 0 unspecified atom stereocenters. The van der Waals surface area contributed by atoms with Crippen molar-refractivity contribution in [1.82, 2.24) is 0 Å². The summed E-state index contributed by atoms with van der Waals surface area (Å²) in [5.74, 6) is 2.67. The highest BCUT2D eigenvalue weighted by Gasteiger charge is 2.41. The van der Waals surface area contributed by atoms with E-state index in [-0.39, 0.29) is 11.8 Å². The summed E-state index contributed by atoms with van der Waals surface area (Å²) in [6, 6.07) is 38.1.